The highest BCUT2D eigenvalue weighted by Crippen LogP contribution is 2.22. The second-order valence-corrected chi connectivity index (χ2v) is 6.84. The van der Waals surface area contributed by atoms with Crippen LogP contribution in [0.1, 0.15) is 11.4 Å². The maximum absolute atomic E-state index is 13.2. The Labute approximate surface area is 172 Å². The van der Waals surface area contributed by atoms with E-state index in [1.165, 1.54) is 30.0 Å². The van der Waals surface area contributed by atoms with Crippen molar-refractivity contribution in [2.45, 2.75) is 11.6 Å². The molecular formula is C21H21FN4O2S. The lowest BCUT2D eigenvalue weighted by molar-refractivity contribution is -0.116. The van der Waals surface area contributed by atoms with Gasteiger partial charge in [0.15, 0.2) is 5.16 Å². The zero-order valence-electron chi connectivity index (χ0n) is 16.1. The second-order valence-electron chi connectivity index (χ2n) is 6.07. The number of nitrogens with zero attached hydrogens (tertiary/aromatic N) is 3. The molecule has 0 radical (unpaired) electrons. The monoisotopic (exact) mass is 412 g/mol. The molecule has 0 aliphatic rings. The molecule has 0 aliphatic heterocycles. The first-order valence-corrected chi connectivity index (χ1v) is 10.2. The smallest absolute Gasteiger partial charge is 0.244 e. The Morgan fingerprint density at radius 3 is 2.72 bits per heavy atom. The van der Waals surface area contributed by atoms with Gasteiger partial charge in [-0.15, -0.1) is 10.2 Å². The van der Waals surface area contributed by atoms with Crippen LogP contribution in [0, 0.1) is 5.82 Å². The Kier molecular flexibility index (Phi) is 7.02. The van der Waals surface area contributed by atoms with E-state index in [0.717, 1.165) is 22.4 Å². The van der Waals surface area contributed by atoms with E-state index >= 15 is 0 Å². The molecule has 29 heavy (non-hydrogen) atoms. The molecule has 0 bridgehead atoms. The van der Waals surface area contributed by atoms with E-state index < -0.39 is 0 Å². The lowest BCUT2D eigenvalue weighted by Crippen LogP contribution is -2.24. The third-order valence-corrected chi connectivity index (χ3v) is 4.77. The normalized spacial score (nSPS) is 11.0. The van der Waals surface area contributed by atoms with E-state index in [0.29, 0.717) is 18.5 Å². The minimum atomic E-state index is -0.338. The number of nitrogens with one attached hydrogen (secondary N) is 1. The number of carbonyl (C=O) groups excluding carboxylic acids is 1. The molecule has 0 atom stereocenters. The molecule has 6 nitrogen and oxygen atoms in total. The number of amides is 1. The van der Waals surface area contributed by atoms with Crippen molar-refractivity contribution >= 4 is 23.7 Å². The van der Waals surface area contributed by atoms with Crippen molar-refractivity contribution in [3.05, 3.63) is 71.8 Å². The van der Waals surface area contributed by atoms with E-state index in [4.69, 9.17) is 4.74 Å². The van der Waals surface area contributed by atoms with Gasteiger partial charge >= 0.3 is 0 Å². The van der Waals surface area contributed by atoms with Crippen molar-refractivity contribution in [1.82, 2.24) is 20.1 Å². The second kappa shape index (κ2) is 9.88. The largest absolute Gasteiger partial charge is 0.497 e. The summed E-state index contributed by atoms with van der Waals surface area (Å²) in [5.74, 6) is 0.922. The van der Waals surface area contributed by atoms with Crippen LogP contribution < -0.4 is 10.1 Å². The van der Waals surface area contributed by atoms with Gasteiger partial charge in [-0.3, -0.25) is 9.36 Å². The average molecular weight is 412 g/mol. The van der Waals surface area contributed by atoms with Crippen LogP contribution in [0.3, 0.4) is 0 Å². The van der Waals surface area contributed by atoms with Gasteiger partial charge in [-0.25, -0.2) is 4.39 Å². The predicted octanol–water partition coefficient (Wildman–Crippen LogP) is 3.51. The Hall–Kier alpha value is -3.13. The average Bonchev–Trinajstić information content (AvgIpc) is 3.15. The summed E-state index contributed by atoms with van der Waals surface area (Å²) in [5.41, 5.74) is 1.55. The van der Waals surface area contributed by atoms with Crippen molar-refractivity contribution in [1.29, 1.82) is 0 Å². The van der Waals surface area contributed by atoms with Crippen LogP contribution in [0.5, 0.6) is 5.75 Å². The van der Waals surface area contributed by atoms with Crippen LogP contribution >= 0.6 is 11.8 Å². The Morgan fingerprint density at radius 2 is 2.03 bits per heavy atom. The van der Waals surface area contributed by atoms with Gasteiger partial charge in [-0.05, 0) is 54.3 Å². The summed E-state index contributed by atoms with van der Waals surface area (Å²) in [6, 6.07) is 13.7. The SMILES string of the molecule is COc1ccc(-n2c(CCNC(=O)C=Cc3cccc(F)c3)nnc2SC)cc1. The number of hydrogen-bond acceptors (Lipinski definition) is 5. The van der Waals surface area contributed by atoms with Gasteiger partial charge in [-0.1, -0.05) is 23.9 Å². The Balaban J connectivity index is 1.63. The summed E-state index contributed by atoms with van der Waals surface area (Å²) in [6.45, 7) is 0.398. The Morgan fingerprint density at radius 1 is 1.24 bits per heavy atom. The van der Waals surface area contributed by atoms with Crippen molar-refractivity contribution in [2.75, 3.05) is 19.9 Å². The van der Waals surface area contributed by atoms with Crippen molar-refractivity contribution < 1.29 is 13.9 Å². The molecule has 1 N–H and O–H groups in total. The molecule has 8 heteroatoms. The summed E-state index contributed by atoms with van der Waals surface area (Å²) < 4.78 is 20.3. The molecule has 1 heterocycles. The summed E-state index contributed by atoms with van der Waals surface area (Å²) in [4.78, 5) is 12.0. The fourth-order valence-corrected chi connectivity index (χ4v) is 3.24. The summed E-state index contributed by atoms with van der Waals surface area (Å²) in [7, 11) is 1.62. The number of benzene rings is 2. The van der Waals surface area contributed by atoms with E-state index in [-0.39, 0.29) is 11.7 Å². The van der Waals surface area contributed by atoms with Gasteiger partial charge in [0.2, 0.25) is 5.91 Å². The number of aromatic nitrogens is 3. The number of methoxy groups -OCH3 is 1. The summed E-state index contributed by atoms with van der Waals surface area (Å²) >= 11 is 1.50. The summed E-state index contributed by atoms with van der Waals surface area (Å²) in [6.07, 6.45) is 5.41. The van der Waals surface area contributed by atoms with Crippen molar-refractivity contribution in [3.63, 3.8) is 0 Å². The molecule has 0 spiro atoms. The quantitative estimate of drug-likeness (QED) is 0.453. The molecule has 2 aromatic carbocycles. The number of rotatable bonds is 8. The first kappa shape index (κ1) is 20.6. The Bertz CT molecular complexity index is 1000. The standard InChI is InChI=1S/C21H21FN4O2S/c1-28-18-9-7-17(8-10-18)26-19(24-25-21(26)29-2)12-13-23-20(27)11-6-15-4-3-5-16(22)14-15/h3-11,14H,12-13H2,1-2H3,(H,23,27). The minimum Gasteiger partial charge on any atom is -0.497 e. The van der Waals surface area contributed by atoms with Gasteiger partial charge < -0.3 is 10.1 Å². The third-order valence-electron chi connectivity index (χ3n) is 4.14. The van der Waals surface area contributed by atoms with E-state index in [9.17, 15) is 9.18 Å². The summed E-state index contributed by atoms with van der Waals surface area (Å²) in [5, 5.41) is 12.1. The molecule has 1 amide bonds. The molecule has 150 valence electrons. The van der Waals surface area contributed by atoms with Crippen LogP contribution in [0.2, 0.25) is 0 Å². The van der Waals surface area contributed by atoms with Crippen LogP contribution in [0.4, 0.5) is 4.39 Å². The number of halogens is 1. The molecule has 0 saturated heterocycles. The number of carbonyl (C=O) groups is 1. The zero-order chi connectivity index (χ0) is 20.6. The number of thioether (sulfide) groups is 1. The van der Waals surface area contributed by atoms with Crippen LogP contribution in [0.25, 0.3) is 11.8 Å². The third kappa shape index (κ3) is 5.45. The van der Waals surface area contributed by atoms with E-state index in [1.807, 2.05) is 35.1 Å². The lowest BCUT2D eigenvalue weighted by atomic mass is 10.2. The maximum Gasteiger partial charge on any atom is 0.244 e. The van der Waals surface area contributed by atoms with Crippen LogP contribution in [-0.4, -0.2) is 40.6 Å². The zero-order valence-corrected chi connectivity index (χ0v) is 16.9. The van der Waals surface area contributed by atoms with Gasteiger partial charge in [0.05, 0.1) is 7.11 Å². The molecule has 3 aromatic rings. The first-order chi connectivity index (χ1) is 14.1. The highest BCUT2D eigenvalue weighted by atomic mass is 32.2. The van der Waals surface area contributed by atoms with Gasteiger partial charge in [0.25, 0.3) is 0 Å². The minimum absolute atomic E-state index is 0.255. The predicted molar refractivity (Wildman–Crippen MR) is 112 cm³/mol. The van der Waals surface area contributed by atoms with Crippen LogP contribution in [-0.2, 0) is 11.2 Å². The van der Waals surface area contributed by atoms with E-state index in [1.54, 1.807) is 25.3 Å². The van der Waals surface area contributed by atoms with Crippen molar-refractivity contribution in [3.8, 4) is 11.4 Å². The fraction of sp³-hybridized carbons (Fsp3) is 0.190. The number of hydrogen-bond donors (Lipinski definition) is 1. The molecule has 0 unspecified atom stereocenters. The fourth-order valence-electron chi connectivity index (χ4n) is 2.72. The highest BCUT2D eigenvalue weighted by molar-refractivity contribution is 7.98. The highest BCUT2D eigenvalue weighted by Gasteiger charge is 2.13. The molecular weight excluding hydrogens is 391 g/mol. The molecule has 1 aromatic heterocycles. The van der Waals surface area contributed by atoms with Gasteiger partial charge in [-0.2, -0.15) is 0 Å². The lowest BCUT2D eigenvalue weighted by Gasteiger charge is -2.10. The van der Waals surface area contributed by atoms with Crippen molar-refractivity contribution in [2.24, 2.45) is 0 Å². The maximum atomic E-state index is 13.2. The van der Waals surface area contributed by atoms with E-state index in [2.05, 4.69) is 15.5 Å². The number of ether oxygens (including phenoxy) is 1. The van der Waals surface area contributed by atoms with Gasteiger partial charge in [0.1, 0.15) is 17.4 Å². The van der Waals surface area contributed by atoms with Crippen LogP contribution in [0.15, 0.2) is 59.8 Å². The molecule has 0 aliphatic carbocycles. The first-order valence-electron chi connectivity index (χ1n) is 8.95. The molecule has 3 rings (SSSR count). The van der Waals surface area contributed by atoms with Gasteiger partial charge in [0, 0.05) is 24.7 Å². The molecule has 0 fully saturated rings. The topological polar surface area (TPSA) is 69.0 Å². The molecule has 0 saturated carbocycles.